The van der Waals surface area contributed by atoms with E-state index in [4.69, 9.17) is 28.5 Å². The average molecular weight is 930 g/mol. The number of aryl methyl sites for hydroxylation is 1. The Bertz CT molecular complexity index is 3450. The molecule has 0 unspecified atom stereocenters. The van der Waals surface area contributed by atoms with Crippen LogP contribution in [0.15, 0.2) is 176 Å². The molecular formula is C48H37BN6OPt. The molecule has 0 saturated heterocycles. The van der Waals surface area contributed by atoms with Gasteiger partial charge in [-0.3, -0.25) is 0 Å². The third-order valence-electron chi connectivity index (χ3n) is 10.1. The summed E-state index contributed by atoms with van der Waals surface area (Å²) >= 11 is 2.17. The van der Waals surface area contributed by atoms with Gasteiger partial charge in [-0.25, -0.2) is 0 Å². The van der Waals surface area contributed by atoms with Crippen molar-refractivity contribution in [3.63, 3.8) is 0 Å². The fourth-order valence-electron chi connectivity index (χ4n) is 7.66. The number of para-hydroxylation sites is 3. The van der Waals surface area contributed by atoms with Crippen LogP contribution in [0.25, 0.3) is 55.9 Å². The number of anilines is 2. The van der Waals surface area contributed by atoms with Crippen LogP contribution in [-0.2, 0) is 19.4 Å². The summed E-state index contributed by atoms with van der Waals surface area (Å²) in [6.45, 7) is 4.03. The summed E-state index contributed by atoms with van der Waals surface area (Å²) in [5.74, 6) is 1.92. The maximum absolute atomic E-state index is 9.05. The van der Waals surface area contributed by atoms with E-state index in [9.17, 15) is 0 Å². The molecule has 7 nitrogen and oxygen atoms in total. The summed E-state index contributed by atoms with van der Waals surface area (Å²) in [6.07, 6.45) is 4.38. The van der Waals surface area contributed by atoms with Crippen molar-refractivity contribution in [3.8, 4) is 56.4 Å². The number of imidazole rings is 1. The maximum atomic E-state index is 9.05. The Balaban J connectivity index is 1.16. The molecular weight excluding hydrogens is 882 g/mol. The number of benzene rings is 6. The summed E-state index contributed by atoms with van der Waals surface area (Å²) in [6, 6.07) is 26.9. The van der Waals surface area contributed by atoms with Gasteiger partial charge in [-0.2, -0.15) is 5.10 Å². The van der Waals surface area contributed by atoms with E-state index in [1.54, 1.807) is 18.2 Å². The number of ether oxygens (including phenoxy) is 1. The van der Waals surface area contributed by atoms with E-state index < -0.39 is 60.4 Å². The first kappa shape index (κ1) is 25.6. The van der Waals surface area contributed by atoms with E-state index in [2.05, 4.69) is 37.2 Å². The van der Waals surface area contributed by atoms with Crippen molar-refractivity contribution in [3.05, 3.63) is 185 Å². The van der Waals surface area contributed by atoms with Crippen LogP contribution < -0.4 is 9.55 Å². The van der Waals surface area contributed by atoms with Gasteiger partial charge in [0.1, 0.15) is 0 Å². The SMILES string of the molecule is [2H]c1c([2H])c([2H])c(-c2cccc(-c3c([2H])c([2H])c([2H])c([2H])c3[2H])c2-n2[c](=[Pt])n(-c3cccc(Oc4ccc5c(c4)N(c4cc(C)ccn4)B(CC)n4nccc4-5)c3)c3ccccc32)c([2H])c1[2H]. The van der Waals surface area contributed by atoms with Crippen LogP contribution in [0, 0.1) is 10.7 Å². The number of hydrogen-bond acceptors (Lipinski definition) is 4. The number of rotatable bonds is 8. The van der Waals surface area contributed by atoms with E-state index in [1.807, 2.05) is 112 Å². The van der Waals surface area contributed by atoms with Crippen molar-refractivity contribution in [1.82, 2.24) is 23.8 Å². The molecule has 0 N–H and O–H groups in total. The Morgan fingerprint density at radius 2 is 1.37 bits per heavy atom. The van der Waals surface area contributed by atoms with E-state index in [-0.39, 0.29) is 34.9 Å². The summed E-state index contributed by atoms with van der Waals surface area (Å²) in [7, 11) is 0. The van der Waals surface area contributed by atoms with E-state index in [0.29, 0.717) is 32.0 Å². The molecule has 0 fully saturated rings. The topological polar surface area (TPSA) is 53.0 Å². The van der Waals surface area contributed by atoms with Gasteiger partial charge in [-0.1, -0.05) is 6.92 Å². The molecule has 0 radical (unpaired) electrons. The van der Waals surface area contributed by atoms with Crippen molar-refractivity contribution in [2.75, 3.05) is 4.81 Å². The van der Waals surface area contributed by atoms with Gasteiger partial charge in [0.05, 0.1) is 0 Å². The predicted octanol–water partition coefficient (Wildman–Crippen LogP) is 11.7. The Morgan fingerprint density at radius 1 is 0.684 bits per heavy atom. The summed E-state index contributed by atoms with van der Waals surface area (Å²) < 4.78 is 100. The second kappa shape index (κ2) is 14.5. The quantitative estimate of drug-likeness (QED) is 0.143. The Morgan fingerprint density at radius 3 is 2.07 bits per heavy atom. The number of aromatic nitrogens is 5. The molecule has 0 amide bonds. The molecule has 278 valence electrons. The van der Waals surface area contributed by atoms with Gasteiger partial charge in [0.2, 0.25) is 0 Å². The Kier molecular flexibility index (Phi) is 6.53. The van der Waals surface area contributed by atoms with Gasteiger partial charge < -0.3 is 0 Å². The van der Waals surface area contributed by atoms with Crippen LogP contribution in [0.2, 0.25) is 6.32 Å². The third-order valence-corrected chi connectivity index (χ3v) is 11.1. The zero-order valence-electron chi connectivity index (χ0n) is 40.7. The number of pyridine rings is 1. The zero-order valence-corrected chi connectivity index (χ0v) is 32.9. The van der Waals surface area contributed by atoms with Crippen molar-refractivity contribution in [2.24, 2.45) is 0 Å². The number of fused-ring (bicyclic) bond motifs is 4. The molecule has 1 aliphatic rings. The molecule has 1 aliphatic heterocycles. The van der Waals surface area contributed by atoms with E-state index in [0.717, 1.165) is 34.6 Å². The zero-order chi connectivity index (χ0) is 47.2. The second-order valence-electron chi connectivity index (χ2n) is 13.5. The normalized spacial score (nSPS) is 14.6. The van der Waals surface area contributed by atoms with Crippen LogP contribution in [-0.4, -0.2) is 30.8 Å². The third kappa shape index (κ3) is 6.08. The monoisotopic (exact) mass is 929 g/mol. The molecule has 6 aromatic carbocycles. The van der Waals surface area contributed by atoms with Crippen LogP contribution in [0.1, 0.15) is 26.2 Å². The number of nitrogens with zero attached hydrogens (tertiary/aromatic N) is 6. The minimum absolute atomic E-state index is 0.109. The van der Waals surface area contributed by atoms with Gasteiger partial charge >= 0.3 is 315 Å². The Labute approximate surface area is 356 Å². The van der Waals surface area contributed by atoms with Crippen LogP contribution in [0.4, 0.5) is 11.5 Å². The molecule has 0 atom stereocenters. The van der Waals surface area contributed by atoms with Crippen molar-refractivity contribution in [1.29, 1.82) is 0 Å². The van der Waals surface area contributed by atoms with Gasteiger partial charge in [-0.15, -0.1) is 0 Å². The molecule has 0 aliphatic carbocycles. The molecule has 4 heterocycles. The first-order valence-electron chi connectivity index (χ1n) is 23.4. The number of hydrogen-bond donors (Lipinski definition) is 0. The Hall–Kier alpha value is -6.50. The fraction of sp³-hybridized carbons (Fsp3) is 0.0625. The summed E-state index contributed by atoms with van der Waals surface area (Å²) in [5.41, 5.74) is 6.42. The fourth-order valence-corrected chi connectivity index (χ4v) is 8.75. The first-order chi connectivity index (χ1) is 32.2. The van der Waals surface area contributed by atoms with E-state index >= 15 is 0 Å². The standard InChI is InChI=1S/C48H37BN6O.Pt/c1-3-49-54(47-30-34(2)26-28-50-47)46-32-39(24-25-42(46)43-27-29-51-55(43)49)56-38-19-12-18-37(31-38)52-33-53(45-23-11-10-22-44(45)52)48-40(35-14-6-4-7-15-35)20-13-21-41(48)36-16-8-5-9-17-36;/h4-32H,3H2,1-2H3;/i4D,5D,6D,7D,8D,9D,14D,15D,16D,17D;. The molecule has 9 aromatic rings. The molecule has 0 saturated carbocycles. The van der Waals surface area contributed by atoms with Gasteiger partial charge in [-0.05, 0) is 18.6 Å². The van der Waals surface area contributed by atoms with E-state index in [1.165, 1.54) is 0 Å². The van der Waals surface area contributed by atoms with Crippen molar-refractivity contribution >= 4 is 29.5 Å². The first-order valence-corrected chi connectivity index (χ1v) is 19.5. The second-order valence-corrected chi connectivity index (χ2v) is 14.5. The van der Waals surface area contributed by atoms with Crippen LogP contribution >= 0.6 is 0 Å². The van der Waals surface area contributed by atoms with Gasteiger partial charge in [0.15, 0.2) is 0 Å². The molecule has 57 heavy (non-hydrogen) atoms. The molecule has 9 heteroatoms. The van der Waals surface area contributed by atoms with Crippen LogP contribution in [0.3, 0.4) is 0 Å². The predicted molar refractivity (Wildman–Crippen MR) is 227 cm³/mol. The molecule has 0 spiro atoms. The molecule has 10 rings (SSSR count). The summed E-state index contributed by atoms with van der Waals surface area (Å²) in [5, 5.41) is 4.69. The molecule has 3 aromatic heterocycles. The molecule has 0 bridgehead atoms. The summed E-state index contributed by atoms with van der Waals surface area (Å²) in [4.78, 5) is 6.96. The minimum atomic E-state index is -0.559. The van der Waals surface area contributed by atoms with Gasteiger partial charge in [0, 0.05) is 12.4 Å². The van der Waals surface area contributed by atoms with Crippen molar-refractivity contribution in [2.45, 2.75) is 20.2 Å². The average Bonchev–Trinajstić information content (AvgIpc) is 3.94. The van der Waals surface area contributed by atoms with Gasteiger partial charge in [0.25, 0.3) is 0 Å². The van der Waals surface area contributed by atoms with Crippen molar-refractivity contribution < 1.29 is 37.8 Å². The van der Waals surface area contributed by atoms with Crippen LogP contribution in [0.5, 0.6) is 11.5 Å².